The zero-order chi connectivity index (χ0) is 17.2. The summed E-state index contributed by atoms with van der Waals surface area (Å²) in [5.74, 6) is 1.61. The van der Waals surface area contributed by atoms with Crippen LogP contribution in [0.2, 0.25) is 0 Å². The fourth-order valence-electron chi connectivity index (χ4n) is 3.99. The number of fused-ring (bicyclic) bond motifs is 1. The molecule has 1 aromatic heterocycles. The number of carbonyl (C=O) groups is 1. The van der Waals surface area contributed by atoms with E-state index in [1.54, 1.807) is 0 Å². The Bertz CT molecular complexity index is 758. The standard InChI is InChI=1S/C20H27N3O2/c1-25-20(24)16-8-9-17-18(12-16)23(13-15-6-5-7-15)19(21-17)14-22-10-3-2-4-11-22/h8-9,12,15H,2-7,10-11,13-14H2,1H3. The van der Waals surface area contributed by atoms with Crippen molar-refractivity contribution in [1.82, 2.24) is 14.5 Å². The molecule has 1 saturated heterocycles. The van der Waals surface area contributed by atoms with Crippen LogP contribution in [0.1, 0.15) is 54.7 Å². The van der Waals surface area contributed by atoms with Crippen molar-refractivity contribution in [3.05, 3.63) is 29.6 Å². The summed E-state index contributed by atoms with van der Waals surface area (Å²) in [4.78, 5) is 19.4. The number of rotatable bonds is 5. The molecule has 2 heterocycles. The van der Waals surface area contributed by atoms with E-state index in [1.165, 1.54) is 58.7 Å². The van der Waals surface area contributed by atoms with Crippen LogP contribution in [0.25, 0.3) is 11.0 Å². The Morgan fingerprint density at radius 1 is 1.20 bits per heavy atom. The van der Waals surface area contributed by atoms with E-state index in [9.17, 15) is 4.79 Å². The second-order valence-corrected chi connectivity index (χ2v) is 7.47. The highest BCUT2D eigenvalue weighted by Gasteiger charge is 2.23. The number of imidazole rings is 1. The first-order chi connectivity index (χ1) is 12.2. The van der Waals surface area contributed by atoms with Crippen molar-refractivity contribution < 1.29 is 9.53 Å². The van der Waals surface area contributed by atoms with Gasteiger partial charge in [-0.3, -0.25) is 4.90 Å². The topological polar surface area (TPSA) is 47.4 Å². The zero-order valence-electron chi connectivity index (χ0n) is 15.0. The summed E-state index contributed by atoms with van der Waals surface area (Å²) >= 11 is 0. The van der Waals surface area contributed by atoms with Gasteiger partial charge in [-0.25, -0.2) is 9.78 Å². The molecule has 1 saturated carbocycles. The third-order valence-corrected chi connectivity index (χ3v) is 5.73. The molecule has 4 rings (SSSR count). The monoisotopic (exact) mass is 341 g/mol. The molecule has 0 atom stereocenters. The number of hydrogen-bond donors (Lipinski definition) is 0. The van der Waals surface area contributed by atoms with E-state index in [-0.39, 0.29) is 5.97 Å². The van der Waals surface area contributed by atoms with Crippen molar-refractivity contribution in [2.75, 3.05) is 20.2 Å². The number of esters is 1. The minimum Gasteiger partial charge on any atom is -0.465 e. The van der Waals surface area contributed by atoms with E-state index < -0.39 is 0 Å². The molecule has 1 aromatic carbocycles. The van der Waals surface area contributed by atoms with E-state index >= 15 is 0 Å². The normalized spacial score (nSPS) is 19.1. The van der Waals surface area contributed by atoms with E-state index in [4.69, 9.17) is 9.72 Å². The molecular formula is C20H27N3O2. The van der Waals surface area contributed by atoms with Gasteiger partial charge in [-0.15, -0.1) is 0 Å². The van der Waals surface area contributed by atoms with Crippen LogP contribution in [-0.2, 0) is 17.8 Å². The van der Waals surface area contributed by atoms with Gasteiger partial charge in [0.25, 0.3) is 0 Å². The Labute approximate surface area is 149 Å². The van der Waals surface area contributed by atoms with Gasteiger partial charge in [-0.2, -0.15) is 0 Å². The van der Waals surface area contributed by atoms with Crippen molar-refractivity contribution in [3.8, 4) is 0 Å². The second kappa shape index (κ2) is 7.16. The number of benzene rings is 1. The first-order valence-electron chi connectivity index (χ1n) is 9.54. The first-order valence-corrected chi connectivity index (χ1v) is 9.54. The van der Waals surface area contributed by atoms with Gasteiger partial charge in [0.15, 0.2) is 0 Å². The highest BCUT2D eigenvalue weighted by molar-refractivity contribution is 5.93. The fraction of sp³-hybridized carbons (Fsp3) is 0.600. The predicted molar refractivity (Wildman–Crippen MR) is 97.5 cm³/mol. The van der Waals surface area contributed by atoms with E-state index in [1.807, 2.05) is 18.2 Å². The fourth-order valence-corrected chi connectivity index (χ4v) is 3.99. The number of hydrogen-bond acceptors (Lipinski definition) is 4. The van der Waals surface area contributed by atoms with Gasteiger partial charge in [0, 0.05) is 6.54 Å². The molecule has 0 N–H and O–H groups in total. The lowest BCUT2D eigenvalue weighted by Crippen LogP contribution is -2.31. The molecular weight excluding hydrogens is 314 g/mol. The summed E-state index contributed by atoms with van der Waals surface area (Å²) in [5, 5.41) is 0. The lowest BCUT2D eigenvalue weighted by atomic mass is 9.85. The van der Waals surface area contributed by atoms with Crippen molar-refractivity contribution >= 4 is 17.0 Å². The third kappa shape index (κ3) is 3.43. The molecule has 2 fully saturated rings. The number of aromatic nitrogens is 2. The molecule has 2 aromatic rings. The molecule has 0 unspecified atom stereocenters. The minimum atomic E-state index is -0.282. The first kappa shape index (κ1) is 16.6. The van der Waals surface area contributed by atoms with Crippen molar-refractivity contribution in [2.24, 2.45) is 5.92 Å². The Morgan fingerprint density at radius 2 is 2.00 bits per heavy atom. The highest BCUT2D eigenvalue weighted by atomic mass is 16.5. The van der Waals surface area contributed by atoms with Gasteiger partial charge in [0.05, 0.1) is 30.3 Å². The number of ether oxygens (including phenoxy) is 1. The molecule has 0 spiro atoms. The Morgan fingerprint density at radius 3 is 2.68 bits per heavy atom. The van der Waals surface area contributed by atoms with E-state index in [0.717, 1.165) is 35.9 Å². The van der Waals surface area contributed by atoms with Gasteiger partial charge in [-0.05, 0) is 62.9 Å². The molecule has 5 heteroatoms. The second-order valence-electron chi connectivity index (χ2n) is 7.47. The molecule has 25 heavy (non-hydrogen) atoms. The molecule has 0 radical (unpaired) electrons. The van der Waals surface area contributed by atoms with Gasteiger partial charge in [0.1, 0.15) is 5.82 Å². The smallest absolute Gasteiger partial charge is 0.337 e. The highest BCUT2D eigenvalue weighted by Crippen LogP contribution is 2.30. The van der Waals surface area contributed by atoms with Gasteiger partial charge in [0.2, 0.25) is 0 Å². The summed E-state index contributed by atoms with van der Waals surface area (Å²) in [7, 11) is 1.43. The van der Waals surface area contributed by atoms with Crippen LogP contribution in [0.15, 0.2) is 18.2 Å². The average molecular weight is 341 g/mol. The van der Waals surface area contributed by atoms with Gasteiger partial charge < -0.3 is 9.30 Å². The number of carbonyl (C=O) groups excluding carboxylic acids is 1. The summed E-state index contributed by atoms with van der Waals surface area (Å²) < 4.78 is 7.25. The summed E-state index contributed by atoms with van der Waals surface area (Å²) in [6.07, 6.45) is 7.87. The van der Waals surface area contributed by atoms with Crippen LogP contribution in [0.3, 0.4) is 0 Å². The average Bonchev–Trinajstić information content (AvgIpc) is 2.94. The predicted octanol–water partition coefficient (Wildman–Crippen LogP) is 3.61. The van der Waals surface area contributed by atoms with Crippen LogP contribution in [0.5, 0.6) is 0 Å². The quantitative estimate of drug-likeness (QED) is 0.780. The lowest BCUT2D eigenvalue weighted by Gasteiger charge is -2.29. The van der Waals surface area contributed by atoms with Crippen molar-refractivity contribution in [3.63, 3.8) is 0 Å². The third-order valence-electron chi connectivity index (χ3n) is 5.73. The lowest BCUT2D eigenvalue weighted by molar-refractivity contribution is 0.0601. The zero-order valence-corrected chi connectivity index (χ0v) is 15.0. The molecule has 5 nitrogen and oxygen atoms in total. The molecule has 2 aliphatic rings. The van der Waals surface area contributed by atoms with Crippen LogP contribution in [-0.4, -0.2) is 40.6 Å². The maximum absolute atomic E-state index is 11.9. The summed E-state index contributed by atoms with van der Waals surface area (Å²) in [6.45, 7) is 4.26. The van der Waals surface area contributed by atoms with Crippen LogP contribution < -0.4 is 0 Å². The maximum atomic E-state index is 11.9. The van der Waals surface area contributed by atoms with Gasteiger partial charge >= 0.3 is 5.97 Å². The molecule has 0 amide bonds. The van der Waals surface area contributed by atoms with Gasteiger partial charge in [-0.1, -0.05) is 12.8 Å². The van der Waals surface area contributed by atoms with Crippen molar-refractivity contribution in [1.29, 1.82) is 0 Å². The molecule has 1 aliphatic heterocycles. The summed E-state index contributed by atoms with van der Waals surface area (Å²) in [5.41, 5.74) is 2.66. The number of likely N-dealkylation sites (tertiary alicyclic amines) is 1. The molecule has 1 aliphatic carbocycles. The number of nitrogens with zero attached hydrogens (tertiary/aromatic N) is 3. The van der Waals surface area contributed by atoms with E-state index in [0.29, 0.717) is 5.56 Å². The largest absolute Gasteiger partial charge is 0.465 e. The Kier molecular flexibility index (Phi) is 4.75. The molecule has 0 bridgehead atoms. The number of piperidine rings is 1. The van der Waals surface area contributed by atoms with Crippen LogP contribution in [0, 0.1) is 5.92 Å². The minimum absolute atomic E-state index is 0.282. The van der Waals surface area contributed by atoms with E-state index in [2.05, 4.69) is 9.47 Å². The van der Waals surface area contributed by atoms with Crippen LogP contribution >= 0.6 is 0 Å². The summed E-state index contributed by atoms with van der Waals surface area (Å²) in [6, 6.07) is 5.73. The SMILES string of the molecule is COC(=O)c1ccc2nc(CN3CCCCC3)n(CC3CCC3)c2c1. The van der Waals surface area contributed by atoms with Crippen molar-refractivity contribution in [2.45, 2.75) is 51.6 Å². The number of methoxy groups -OCH3 is 1. The Hall–Kier alpha value is -1.88. The maximum Gasteiger partial charge on any atom is 0.337 e. The molecule has 134 valence electrons. The Balaban J connectivity index is 1.69. The van der Waals surface area contributed by atoms with Crippen LogP contribution in [0.4, 0.5) is 0 Å².